The fourth-order valence-corrected chi connectivity index (χ4v) is 2.78. The molecule has 2 aromatic rings. The van der Waals surface area contributed by atoms with Crippen LogP contribution in [0.5, 0.6) is 0 Å². The lowest BCUT2D eigenvalue weighted by molar-refractivity contribution is 0.157. The largest absolute Gasteiger partial charge is 0.387 e. The second kappa shape index (κ2) is 3.96. The zero-order chi connectivity index (χ0) is 11.0. The van der Waals surface area contributed by atoms with Crippen LogP contribution in [0.3, 0.4) is 0 Å². The summed E-state index contributed by atoms with van der Waals surface area (Å²) in [5.74, 6) is 0.494. The van der Waals surface area contributed by atoms with Crippen molar-refractivity contribution in [3.63, 3.8) is 0 Å². The van der Waals surface area contributed by atoms with Gasteiger partial charge in [-0.05, 0) is 41.4 Å². The number of fused-ring (bicyclic) bond motifs is 1. The van der Waals surface area contributed by atoms with Gasteiger partial charge < -0.3 is 5.11 Å². The monoisotopic (exact) mass is 232 g/mol. The van der Waals surface area contributed by atoms with Crippen LogP contribution in [0.25, 0.3) is 0 Å². The van der Waals surface area contributed by atoms with Crippen molar-refractivity contribution in [3.05, 3.63) is 46.5 Å². The topological polar surface area (TPSA) is 46.0 Å². The Morgan fingerprint density at radius 3 is 3.06 bits per heavy atom. The van der Waals surface area contributed by atoms with Crippen molar-refractivity contribution in [2.24, 2.45) is 0 Å². The minimum Gasteiger partial charge on any atom is -0.387 e. The van der Waals surface area contributed by atoms with Crippen molar-refractivity contribution in [1.82, 2.24) is 9.59 Å². The van der Waals surface area contributed by atoms with E-state index in [0.717, 1.165) is 17.7 Å². The normalized spacial score (nSPS) is 19.9. The summed E-state index contributed by atoms with van der Waals surface area (Å²) in [5, 5.41) is 13.7. The van der Waals surface area contributed by atoms with Crippen LogP contribution in [-0.4, -0.2) is 14.7 Å². The number of nitrogens with zero attached hydrogens (tertiary/aromatic N) is 2. The molecule has 1 aromatic heterocycles. The minimum absolute atomic E-state index is 0.418. The first-order valence-electron chi connectivity index (χ1n) is 5.37. The predicted octanol–water partition coefficient (Wildman–Crippen LogP) is 2.30. The molecule has 3 nitrogen and oxygen atoms in total. The number of rotatable bonds is 3. The summed E-state index contributed by atoms with van der Waals surface area (Å²) in [6.45, 7) is 0. The van der Waals surface area contributed by atoms with Crippen LogP contribution < -0.4 is 0 Å². The highest BCUT2D eigenvalue weighted by atomic mass is 32.1. The van der Waals surface area contributed by atoms with Gasteiger partial charge >= 0.3 is 0 Å². The fourth-order valence-electron chi connectivity index (χ4n) is 2.28. The molecule has 4 heteroatoms. The Morgan fingerprint density at radius 2 is 2.31 bits per heavy atom. The summed E-state index contributed by atoms with van der Waals surface area (Å²) in [6.07, 6.45) is 3.10. The third kappa shape index (κ3) is 1.64. The molecule has 16 heavy (non-hydrogen) atoms. The quantitative estimate of drug-likeness (QED) is 0.883. The summed E-state index contributed by atoms with van der Waals surface area (Å²) in [6, 6.07) is 8.44. The Hall–Kier alpha value is -1.26. The number of hydrogen-bond acceptors (Lipinski definition) is 4. The highest BCUT2D eigenvalue weighted by molar-refractivity contribution is 7.05. The molecule has 0 saturated heterocycles. The highest BCUT2D eigenvalue weighted by Crippen LogP contribution is 2.40. The molecule has 0 saturated carbocycles. The fraction of sp³-hybridized carbons (Fsp3) is 0.333. The van der Waals surface area contributed by atoms with Crippen LogP contribution in [0, 0.1) is 0 Å². The van der Waals surface area contributed by atoms with Crippen molar-refractivity contribution in [2.75, 3.05) is 0 Å². The average Bonchev–Trinajstić information content (AvgIpc) is 2.79. The molecule has 0 spiro atoms. The maximum atomic E-state index is 10.0. The van der Waals surface area contributed by atoms with Gasteiger partial charge in [0.25, 0.3) is 0 Å². The Balaban J connectivity index is 1.70. The van der Waals surface area contributed by atoms with E-state index in [1.54, 1.807) is 6.20 Å². The van der Waals surface area contributed by atoms with Gasteiger partial charge in [0.15, 0.2) is 0 Å². The van der Waals surface area contributed by atoms with Crippen molar-refractivity contribution in [3.8, 4) is 0 Å². The van der Waals surface area contributed by atoms with Crippen LogP contribution in [0.1, 0.15) is 34.4 Å². The van der Waals surface area contributed by atoms with E-state index in [9.17, 15) is 5.11 Å². The molecule has 0 bridgehead atoms. The number of hydrogen-bond donors (Lipinski definition) is 1. The van der Waals surface area contributed by atoms with Crippen molar-refractivity contribution >= 4 is 11.5 Å². The molecular weight excluding hydrogens is 220 g/mol. The van der Waals surface area contributed by atoms with Gasteiger partial charge in [-0.2, -0.15) is 0 Å². The molecule has 1 N–H and O–H groups in total. The molecule has 1 aromatic carbocycles. The first-order valence-corrected chi connectivity index (χ1v) is 6.15. The lowest BCUT2D eigenvalue weighted by Crippen LogP contribution is -2.19. The second-order valence-corrected chi connectivity index (χ2v) is 4.99. The third-order valence-electron chi connectivity index (χ3n) is 3.18. The molecule has 82 valence electrons. The van der Waals surface area contributed by atoms with Crippen LogP contribution >= 0.6 is 11.5 Å². The minimum atomic E-state index is -0.418. The van der Waals surface area contributed by atoms with E-state index < -0.39 is 6.10 Å². The van der Waals surface area contributed by atoms with Crippen molar-refractivity contribution in [1.29, 1.82) is 0 Å². The Morgan fingerprint density at radius 1 is 1.44 bits per heavy atom. The summed E-state index contributed by atoms with van der Waals surface area (Å²) in [5.41, 5.74) is 2.81. The van der Waals surface area contributed by atoms with Gasteiger partial charge in [0.1, 0.15) is 0 Å². The molecule has 0 fully saturated rings. The SMILES string of the molecule is OC(CC1Cc2ccccc21)c1cnns1. The molecule has 1 aliphatic carbocycles. The van der Waals surface area contributed by atoms with Crippen molar-refractivity contribution < 1.29 is 5.11 Å². The van der Waals surface area contributed by atoms with E-state index in [-0.39, 0.29) is 0 Å². The molecule has 2 unspecified atom stereocenters. The van der Waals surface area contributed by atoms with Crippen LogP contribution in [0.4, 0.5) is 0 Å². The predicted molar refractivity (Wildman–Crippen MR) is 62.4 cm³/mol. The number of aromatic nitrogens is 2. The first-order chi connectivity index (χ1) is 7.84. The molecule has 1 heterocycles. The standard InChI is InChI=1S/C12H12N2OS/c15-11(12-7-13-14-16-12)6-9-5-8-3-1-2-4-10(8)9/h1-4,7,9,11,15H,5-6H2. The van der Waals surface area contributed by atoms with Gasteiger partial charge in [-0.3, -0.25) is 0 Å². The van der Waals surface area contributed by atoms with Crippen LogP contribution in [0.2, 0.25) is 0 Å². The van der Waals surface area contributed by atoms with E-state index in [1.165, 1.54) is 22.7 Å². The Bertz CT molecular complexity index is 484. The van der Waals surface area contributed by atoms with Gasteiger partial charge in [-0.15, -0.1) is 5.10 Å². The number of benzene rings is 1. The van der Waals surface area contributed by atoms with Crippen molar-refractivity contribution in [2.45, 2.75) is 24.9 Å². The Kier molecular flexibility index (Phi) is 2.46. The molecule has 0 radical (unpaired) electrons. The zero-order valence-electron chi connectivity index (χ0n) is 8.71. The highest BCUT2D eigenvalue weighted by Gasteiger charge is 2.28. The Labute approximate surface area is 97.9 Å². The van der Waals surface area contributed by atoms with E-state index in [4.69, 9.17) is 0 Å². The maximum Gasteiger partial charge on any atom is 0.0920 e. The zero-order valence-corrected chi connectivity index (χ0v) is 9.52. The van der Waals surface area contributed by atoms with Gasteiger partial charge in [0, 0.05) is 0 Å². The first kappa shape index (κ1) is 9.93. The molecule has 0 amide bonds. The summed E-state index contributed by atoms with van der Waals surface area (Å²) in [4.78, 5) is 0.865. The lowest BCUT2D eigenvalue weighted by Gasteiger charge is -2.31. The maximum absolute atomic E-state index is 10.0. The molecule has 2 atom stereocenters. The number of aliphatic hydroxyl groups is 1. The van der Waals surface area contributed by atoms with E-state index in [1.807, 2.05) is 0 Å². The van der Waals surface area contributed by atoms with E-state index in [2.05, 4.69) is 33.9 Å². The third-order valence-corrected chi connectivity index (χ3v) is 3.94. The smallest absolute Gasteiger partial charge is 0.0920 e. The van der Waals surface area contributed by atoms with Gasteiger partial charge in [0.05, 0.1) is 17.2 Å². The lowest BCUT2D eigenvalue weighted by atomic mass is 9.75. The van der Waals surface area contributed by atoms with Gasteiger partial charge in [0.2, 0.25) is 0 Å². The van der Waals surface area contributed by atoms with Crippen LogP contribution in [0.15, 0.2) is 30.5 Å². The van der Waals surface area contributed by atoms with E-state index >= 15 is 0 Å². The average molecular weight is 232 g/mol. The van der Waals surface area contributed by atoms with Crippen LogP contribution in [-0.2, 0) is 6.42 Å². The van der Waals surface area contributed by atoms with Gasteiger partial charge in [-0.1, -0.05) is 28.8 Å². The van der Waals surface area contributed by atoms with E-state index in [0.29, 0.717) is 5.92 Å². The summed E-state index contributed by atoms with van der Waals surface area (Å²) < 4.78 is 3.77. The summed E-state index contributed by atoms with van der Waals surface area (Å²) >= 11 is 1.28. The number of aliphatic hydroxyl groups excluding tert-OH is 1. The summed E-state index contributed by atoms with van der Waals surface area (Å²) in [7, 11) is 0. The molecule has 0 aliphatic heterocycles. The second-order valence-electron chi connectivity index (χ2n) is 4.17. The molecule has 3 rings (SSSR count). The van der Waals surface area contributed by atoms with Gasteiger partial charge in [-0.25, -0.2) is 0 Å². The molecule has 1 aliphatic rings. The molecular formula is C12H12N2OS.